The van der Waals surface area contributed by atoms with Gasteiger partial charge in [0.2, 0.25) is 5.91 Å². The molecule has 3 atom stereocenters. The summed E-state index contributed by atoms with van der Waals surface area (Å²) in [5.41, 5.74) is 7.19. The molecule has 4 aromatic rings. The second-order valence-corrected chi connectivity index (χ2v) is 20.7. The molecule has 0 bridgehead atoms. The Labute approximate surface area is 284 Å². The second kappa shape index (κ2) is 14.7. The van der Waals surface area contributed by atoms with Gasteiger partial charge in [0.05, 0.1) is 18.1 Å². The van der Waals surface area contributed by atoms with E-state index in [-0.39, 0.29) is 30.1 Å². The quantitative estimate of drug-likeness (QED) is 0.0367. The molecule has 1 aliphatic heterocycles. The number of anilines is 1. The fraction of sp³-hybridized carbons (Fsp3) is 0.231. The molecule has 1 fully saturated rings. The van der Waals surface area contributed by atoms with Gasteiger partial charge in [0.15, 0.2) is 14.1 Å². The van der Waals surface area contributed by atoms with Crippen molar-refractivity contribution < 1.29 is 23.5 Å². The molecule has 0 unspecified atom stereocenters. The zero-order valence-electron chi connectivity index (χ0n) is 27.9. The lowest BCUT2D eigenvalue weighted by Gasteiger charge is -2.52. The molecule has 4 aromatic carbocycles. The fourth-order valence-corrected chi connectivity index (χ4v) is 12.2. The molecule has 248 valence electrons. The van der Waals surface area contributed by atoms with E-state index < -0.39 is 39.2 Å². The number of hydrogen-bond donors (Lipinski definition) is 1. The monoisotopic (exact) mass is 678 g/mol. The summed E-state index contributed by atoms with van der Waals surface area (Å²) in [5, 5.41) is 2.62. The number of nitrogens with zero attached hydrogens (tertiary/aromatic N) is 1. The van der Waals surface area contributed by atoms with Crippen molar-refractivity contribution in [2.24, 2.45) is 5.92 Å². The highest BCUT2D eigenvalue weighted by Crippen LogP contribution is 2.50. The number of likely N-dealkylation sites (tertiary alicyclic amines) is 1. The van der Waals surface area contributed by atoms with Crippen molar-refractivity contribution in [3.05, 3.63) is 133 Å². The molecule has 0 radical (unpaired) electrons. The van der Waals surface area contributed by atoms with Crippen LogP contribution in [0.5, 0.6) is 0 Å². The van der Waals surface area contributed by atoms with Gasteiger partial charge in [0, 0.05) is 24.6 Å². The van der Waals surface area contributed by atoms with Gasteiger partial charge in [0.25, 0.3) is 0 Å². The first-order chi connectivity index (χ1) is 23.0. The average molecular weight is 679 g/mol. The number of nitrogens with two attached hydrogens (primary N) is 1. The summed E-state index contributed by atoms with van der Waals surface area (Å²) >= 11 is 0. The normalized spacial score (nSPS) is 16.8. The minimum absolute atomic E-state index is 0.0319. The van der Waals surface area contributed by atoms with Crippen molar-refractivity contribution in [3.63, 3.8) is 0 Å². The van der Waals surface area contributed by atoms with Crippen LogP contribution in [0.15, 0.2) is 128 Å². The number of nitrogen functional groups attached to an aromatic ring is 1. The van der Waals surface area contributed by atoms with Crippen molar-refractivity contribution in [3.8, 4) is 0 Å². The Hall–Kier alpha value is -4.49. The molecule has 9 heteroatoms. The van der Waals surface area contributed by atoms with Gasteiger partial charge < -0.3 is 19.8 Å². The summed E-state index contributed by atoms with van der Waals surface area (Å²) in [4.78, 5) is 45.0. The highest BCUT2D eigenvalue weighted by atomic mass is 31.2. The maximum atomic E-state index is 14.7. The predicted molar refractivity (Wildman–Crippen MR) is 199 cm³/mol. The van der Waals surface area contributed by atoms with Crippen LogP contribution in [0, 0.1) is 5.92 Å². The van der Waals surface area contributed by atoms with Gasteiger partial charge in [-0.15, -0.1) is 0 Å². The van der Waals surface area contributed by atoms with Gasteiger partial charge in [0.1, 0.15) is 12.0 Å². The third-order valence-electron chi connectivity index (χ3n) is 8.41. The number of carbonyl (C=O) groups is 3. The van der Waals surface area contributed by atoms with Crippen LogP contribution in [0.1, 0.15) is 23.7 Å². The maximum absolute atomic E-state index is 14.7. The first-order valence-corrected chi connectivity index (χ1v) is 21.3. The SMILES string of the molecule is C=CCOC(=O)C(N1C(=O)[C@H]([C@@H](C)O[Si](C)(C)C)[C@H]1CC(=O)c1cccc(N)c1)=P(c1ccccc1)(c1ccccc1)c1ccccc1. The lowest BCUT2D eigenvalue weighted by molar-refractivity contribution is -0.156. The molecule has 7 nitrogen and oxygen atoms in total. The number of amides is 1. The minimum atomic E-state index is -3.13. The van der Waals surface area contributed by atoms with E-state index in [1.165, 1.54) is 6.08 Å². The number of benzene rings is 4. The molecule has 0 aliphatic carbocycles. The van der Waals surface area contributed by atoms with Crippen LogP contribution in [-0.4, -0.2) is 55.0 Å². The Balaban J connectivity index is 1.85. The molecule has 0 spiro atoms. The number of rotatable bonds is 13. The molecule has 2 N–H and O–H groups in total. The van der Waals surface area contributed by atoms with E-state index in [0.717, 1.165) is 15.9 Å². The highest BCUT2D eigenvalue weighted by molar-refractivity contribution is 7.96. The van der Waals surface area contributed by atoms with Gasteiger partial charge in [-0.05, 0) is 54.6 Å². The Morgan fingerprint density at radius 2 is 1.40 bits per heavy atom. The Bertz CT molecular complexity index is 1740. The first kappa shape index (κ1) is 34.8. The Morgan fingerprint density at radius 3 is 1.85 bits per heavy atom. The summed E-state index contributed by atoms with van der Waals surface area (Å²) < 4.78 is 12.3. The molecule has 1 saturated heterocycles. The van der Waals surface area contributed by atoms with E-state index in [2.05, 4.69) is 26.2 Å². The number of ketones is 1. The zero-order chi connectivity index (χ0) is 34.5. The van der Waals surface area contributed by atoms with Crippen LogP contribution in [0.4, 0.5) is 5.69 Å². The van der Waals surface area contributed by atoms with Crippen LogP contribution in [0.3, 0.4) is 0 Å². The molecule has 0 saturated carbocycles. The smallest absolute Gasteiger partial charge is 0.356 e. The number of esters is 1. The van der Waals surface area contributed by atoms with Crippen LogP contribution in [0.25, 0.3) is 0 Å². The number of Topliss-reactive ketones (excluding diaryl/α,β-unsaturated/α-hetero) is 1. The number of hydrogen-bond acceptors (Lipinski definition) is 6. The molecule has 5 rings (SSSR count). The van der Waals surface area contributed by atoms with Crippen molar-refractivity contribution in [2.75, 3.05) is 12.3 Å². The Kier molecular flexibility index (Phi) is 10.7. The van der Waals surface area contributed by atoms with Gasteiger partial charge in [-0.1, -0.05) is 116 Å². The average Bonchev–Trinajstić information content (AvgIpc) is 3.07. The van der Waals surface area contributed by atoms with Crippen LogP contribution in [0.2, 0.25) is 19.6 Å². The predicted octanol–water partition coefficient (Wildman–Crippen LogP) is 5.76. The van der Waals surface area contributed by atoms with Gasteiger partial charge in [-0.3, -0.25) is 9.59 Å². The minimum Gasteiger partial charge on any atom is -0.457 e. The summed E-state index contributed by atoms with van der Waals surface area (Å²) in [7, 11) is -2.09. The van der Waals surface area contributed by atoms with E-state index in [1.807, 2.05) is 97.9 Å². The standard InChI is InChI=1S/C39H43N2O5PSi/c1-6-25-45-39(44)38(47(31-19-10-7-11-20-31,32-21-12-8-13-22-32)33-23-14-9-15-24-33)41-34(27-35(42)29-17-16-18-30(40)26-29)36(37(41)43)28(2)46-48(3,4)5/h6-24,26,28,34,36H,1,25,27,40H2,2-5H3/t28-,34-,36-/m1/s1. The highest BCUT2D eigenvalue weighted by Gasteiger charge is 2.56. The molecular formula is C39H43N2O5PSi. The fourth-order valence-electron chi connectivity index (χ4n) is 6.58. The molecule has 48 heavy (non-hydrogen) atoms. The summed E-state index contributed by atoms with van der Waals surface area (Å²) in [6, 6.07) is 35.6. The maximum Gasteiger partial charge on any atom is 0.356 e. The lowest BCUT2D eigenvalue weighted by atomic mass is 9.79. The lowest BCUT2D eigenvalue weighted by Crippen LogP contribution is -2.69. The van der Waals surface area contributed by atoms with Crippen molar-refractivity contribution in [2.45, 2.75) is 45.1 Å². The third-order valence-corrected chi connectivity index (χ3v) is 13.7. The summed E-state index contributed by atoms with van der Waals surface area (Å²) in [6.07, 6.45) is 0.993. The molecule has 1 amide bonds. The van der Waals surface area contributed by atoms with Crippen molar-refractivity contribution >= 4 is 59.9 Å². The first-order valence-electron chi connectivity index (χ1n) is 16.1. The summed E-state index contributed by atoms with van der Waals surface area (Å²) in [5.74, 6) is -1.75. The van der Waals surface area contributed by atoms with Gasteiger partial charge >= 0.3 is 5.97 Å². The van der Waals surface area contributed by atoms with Crippen LogP contribution >= 0.6 is 6.89 Å². The largest absolute Gasteiger partial charge is 0.457 e. The van der Waals surface area contributed by atoms with Gasteiger partial charge in [-0.2, -0.15) is 0 Å². The van der Waals surface area contributed by atoms with Crippen LogP contribution < -0.4 is 21.6 Å². The van der Waals surface area contributed by atoms with E-state index in [4.69, 9.17) is 14.9 Å². The van der Waals surface area contributed by atoms with Crippen molar-refractivity contribution in [1.29, 1.82) is 0 Å². The molecular weight excluding hydrogens is 635 g/mol. The van der Waals surface area contributed by atoms with Crippen molar-refractivity contribution in [1.82, 2.24) is 4.90 Å². The van der Waals surface area contributed by atoms with E-state index in [0.29, 0.717) is 11.3 Å². The molecule has 1 heterocycles. The molecule has 1 aliphatic rings. The topological polar surface area (TPSA) is 98.9 Å². The van der Waals surface area contributed by atoms with E-state index in [9.17, 15) is 14.4 Å². The third kappa shape index (κ3) is 7.02. The molecule has 0 aromatic heterocycles. The number of β-lactam (4-membered cyclic amide) rings is 1. The second-order valence-electron chi connectivity index (χ2n) is 12.9. The zero-order valence-corrected chi connectivity index (χ0v) is 29.8. The van der Waals surface area contributed by atoms with E-state index >= 15 is 0 Å². The summed E-state index contributed by atoms with van der Waals surface area (Å²) in [6.45, 7) is 8.68. The Morgan fingerprint density at radius 1 is 0.875 bits per heavy atom. The number of carbonyl (C=O) groups excluding carboxylic acids is 3. The number of ether oxygens (including phenoxy) is 1. The van der Waals surface area contributed by atoms with Gasteiger partial charge in [-0.25, -0.2) is 4.79 Å². The van der Waals surface area contributed by atoms with E-state index in [1.54, 1.807) is 29.2 Å². The van der Waals surface area contributed by atoms with Crippen LogP contribution in [-0.2, 0) is 18.8 Å².